The van der Waals surface area contributed by atoms with E-state index in [0.29, 0.717) is 28.0 Å². The molecule has 0 spiro atoms. The number of urea groups is 1. The van der Waals surface area contributed by atoms with Crippen LogP contribution in [0.1, 0.15) is 17.3 Å². The van der Waals surface area contributed by atoms with Crippen molar-refractivity contribution < 1.29 is 14.3 Å². The molecule has 25 heavy (non-hydrogen) atoms. The van der Waals surface area contributed by atoms with E-state index in [1.165, 1.54) is 6.07 Å². The van der Waals surface area contributed by atoms with Crippen molar-refractivity contribution in [1.29, 1.82) is 0 Å². The minimum atomic E-state index is -0.474. The molecular weight excluding hydrogens is 324 g/mol. The number of benzene rings is 2. The van der Waals surface area contributed by atoms with Crippen molar-refractivity contribution in [2.45, 2.75) is 6.92 Å². The van der Waals surface area contributed by atoms with Crippen molar-refractivity contribution in [3.05, 3.63) is 58.5 Å². The second kappa shape index (κ2) is 6.91. The molecular formula is C17H16N4O4. The number of aromatic amines is 2. The van der Waals surface area contributed by atoms with Crippen LogP contribution in [0.25, 0.3) is 11.0 Å². The van der Waals surface area contributed by atoms with Gasteiger partial charge in [-0.3, -0.25) is 0 Å². The maximum Gasteiger partial charge on any atom is 0.338 e. The molecule has 0 fully saturated rings. The highest BCUT2D eigenvalue weighted by molar-refractivity contribution is 6.01. The number of hydrogen-bond acceptors (Lipinski definition) is 4. The summed E-state index contributed by atoms with van der Waals surface area (Å²) in [6.07, 6.45) is 0. The number of carbonyl (C=O) groups is 2. The Labute approximate surface area is 142 Å². The topological polar surface area (TPSA) is 116 Å². The van der Waals surface area contributed by atoms with Gasteiger partial charge in [0.05, 0.1) is 23.2 Å². The summed E-state index contributed by atoms with van der Waals surface area (Å²) in [6.45, 7) is 2.00. The molecule has 8 heteroatoms. The van der Waals surface area contributed by atoms with Gasteiger partial charge < -0.3 is 25.3 Å². The smallest absolute Gasteiger partial charge is 0.338 e. The summed E-state index contributed by atoms with van der Waals surface area (Å²) in [5, 5.41) is 5.31. The number of imidazole rings is 1. The van der Waals surface area contributed by atoms with Gasteiger partial charge in [0.15, 0.2) is 0 Å². The number of carbonyl (C=O) groups excluding carboxylic acids is 2. The van der Waals surface area contributed by atoms with Crippen molar-refractivity contribution in [1.82, 2.24) is 9.97 Å². The largest absolute Gasteiger partial charge is 0.462 e. The summed E-state index contributed by atoms with van der Waals surface area (Å²) < 4.78 is 4.93. The molecule has 2 aromatic carbocycles. The molecule has 4 N–H and O–H groups in total. The molecule has 0 saturated carbocycles. The lowest BCUT2D eigenvalue weighted by Gasteiger charge is -2.09. The molecule has 8 nitrogen and oxygen atoms in total. The molecule has 128 valence electrons. The average Bonchev–Trinajstić information content (AvgIpc) is 2.94. The zero-order valence-corrected chi connectivity index (χ0v) is 13.4. The zero-order chi connectivity index (χ0) is 17.8. The van der Waals surface area contributed by atoms with Crippen LogP contribution in [0.15, 0.2) is 47.3 Å². The fourth-order valence-electron chi connectivity index (χ4n) is 2.34. The third-order valence-electron chi connectivity index (χ3n) is 3.41. The second-order valence-corrected chi connectivity index (χ2v) is 5.22. The second-order valence-electron chi connectivity index (χ2n) is 5.22. The Balaban J connectivity index is 1.70. The first-order valence-electron chi connectivity index (χ1n) is 7.62. The molecule has 0 bridgehead atoms. The van der Waals surface area contributed by atoms with E-state index in [2.05, 4.69) is 20.6 Å². The van der Waals surface area contributed by atoms with E-state index in [0.717, 1.165) is 0 Å². The number of H-pyrrole nitrogens is 2. The van der Waals surface area contributed by atoms with E-state index in [4.69, 9.17) is 4.74 Å². The molecule has 0 atom stereocenters. The lowest BCUT2D eigenvalue weighted by Crippen LogP contribution is -2.19. The Bertz CT molecular complexity index is 989. The van der Waals surface area contributed by atoms with Crippen LogP contribution in [0.2, 0.25) is 0 Å². The molecule has 1 heterocycles. The Hall–Kier alpha value is -3.55. The molecule has 0 aliphatic carbocycles. The van der Waals surface area contributed by atoms with Gasteiger partial charge in [-0.2, -0.15) is 0 Å². The zero-order valence-electron chi connectivity index (χ0n) is 13.4. The number of rotatable bonds is 4. The molecule has 2 amide bonds. The Morgan fingerprint density at radius 2 is 1.72 bits per heavy atom. The number of esters is 1. The number of fused-ring (bicyclic) bond motifs is 1. The van der Waals surface area contributed by atoms with Crippen molar-refractivity contribution in [3.8, 4) is 0 Å². The molecule has 3 aromatic rings. The fourth-order valence-corrected chi connectivity index (χ4v) is 2.34. The van der Waals surface area contributed by atoms with Crippen LogP contribution in [-0.2, 0) is 4.74 Å². The Morgan fingerprint density at radius 3 is 2.48 bits per heavy atom. The number of hydrogen-bond donors (Lipinski definition) is 4. The Kier molecular flexibility index (Phi) is 4.51. The summed E-state index contributed by atoms with van der Waals surface area (Å²) in [6, 6.07) is 11.0. The number of anilines is 2. The van der Waals surface area contributed by atoms with Crippen LogP contribution in [0, 0.1) is 0 Å². The third kappa shape index (κ3) is 3.86. The number of nitrogens with one attached hydrogen (secondary N) is 4. The third-order valence-corrected chi connectivity index (χ3v) is 3.41. The molecule has 0 unspecified atom stereocenters. The van der Waals surface area contributed by atoms with E-state index >= 15 is 0 Å². The van der Waals surface area contributed by atoms with Gasteiger partial charge in [0.1, 0.15) is 0 Å². The van der Waals surface area contributed by atoms with Crippen molar-refractivity contribution in [3.63, 3.8) is 0 Å². The first-order chi connectivity index (χ1) is 12.0. The first kappa shape index (κ1) is 16.3. The van der Waals surface area contributed by atoms with E-state index in [1.54, 1.807) is 43.3 Å². The van der Waals surface area contributed by atoms with Crippen molar-refractivity contribution >= 4 is 34.4 Å². The van der Waals surface area contributed by atoms with Crippen LogP contribution in [0.4, 0.5) is 16.2 Å². The number of aromatic nitrogens is 2. The Morgan fingerprint density at radius 1 is 1.00 bits per heavy atom. The van der Waals surface area contributed by atoms with Gasteiger partial charge in [0.25, 0.3) is 0 Å². The summed E-state index contributed by atoms with van der Waals surface area (Å²) in [4.78, 5) is 40.3. The van der Waals surface area contributed by atoms with E-state index in [9.17, 15) is 14.4 Å². The van der Waals surface area contributed by atoms with Crippen LogP contribution >= 0.6 is 0 Å². The lowest BCUT2D eigenvalue weighted by molar-refractivity contribution is 0.0526. The van der Waals surface area contributed by atoms with E-state index in [-0.39, 0.29) is 12.3 Å². The summed E-state index contributed by atoms with van der Waals surface area (Å²) in [5.74, 6) is -0.451. The minimum absolute atomic E-state index is 0.278. The standard InChI is InChI=1S/C17H16N4O4/c1-2-25-15(22)10-4-3-5-11(8-10)18-16(23)19-12-6-7-13-14(9-12)21-17(24)20-13/h3-9H,2H2,1H3,(H2,18,19,23)(H2,20,21,24). The van der Waals surface area contributed by atoms with Gasteiger partial charge in [-0.1, -0.05) is 6.07 Å². The summed E-state index contributed by atoms with van der Waals surface area (Å²) >= 11 is 0. The maximum atomic E-state index is 12.1. The molecule has 0 saturated heterocycles. The highest BCUT2D eigenvalue weighted by Crippen LogP contribution is 2.16. The predicted octanol–water partition coefficient (Wildman–Crippen LogP) is 2.68. The lowest BCUT2D eigenvalue weighted by atomic mass is 10.2. The molecule has 1 aromatic heterocycles. The fraction of sp³-hybridized carbons (Fsp3) is 0.118. The van der Waals surface area contributed by atoms with Gasteiger partial charge in [-0.25, -0.2) is 14.4 Å². The van der Waals surface area contributed by atoms with Gasteiger partial charge in [0.2, 0.25) is 0 Å². The van der Waals surface area contributed by atoms with Crippen molar-refractivity contribution in [2.24, 2.45) is 0 Å². The average molecular weight is 340 g/mol. The van der Waals surface area contributed by atoms with Gasteiger partial charge in [-0.05, 0) is 43.3 Å². The van der Waals surface area contributed by atoms with Crippen LogP contribution < -0.4 is 16.3 Å². The quantitative estimate of drug-likeness (QED) is 0.546. The van der Waals surface area contributed by atoms with E-state index < -0.39 is 12.0 Å². The van der Waals surface area contributed by atoms with Crippen LogP contribution in [-0.4, -0.2) is 28.6 Å². The maximum absolute atomic E-state index is 12.1. The van der Waals surface area contributed by atoms with Gasteiger partial charge >= 0.3 is 17.7 Å². The molecule has 3 rings (SSSR count). The SMILES string of the molecule is CCOC(=O)c1cccc(NC(=O)Nc2ccc3[nH]c(=O)[nH]c3c2)c1. The highest BCUT2D eigenvalue weighted by Gasteiger charge is 2.09. The number of ether oxygens (including phenoxy) is 1. The van der Waals surface area contributed by atoms with E-state index in [1.807, 2.05) is 0 Å². The first-order valence-corrected chi connectivity index (χ1v) is 7.62. The van der Waals surface area contributed by atoms with Crippen LogP contribution in [0.3, 0.4) is 0 Å². The molecule has 0 radical (unpaired) electrons. The monoisotopic (exact) mass is 340 g/mol. The predicted molar refractivity (Wildman–Crippen MR) is 94.0 cm³/mol. The summed E-state index contributed by atoms with van der Waals surface area (Å²) in [7, 11) is 0. The van der Waals surface area contributed by atoms with Crippen molar-refractivity contribution in [2.75, 3.05) is 17.2 Å². The number of amides is 2. The highest BCUT2D eigenvalue weighted by atomic mass is 16.5. The van der Waals surface area contributed by atoms with Gasteiger partial charge in [-0.15, -0.1) is 0 Å². The minimum Gasteiger partial charge on any atom is -0.462 e. The van der Waals surface area contributed by atoms with Gasteiger partial charge in [0, 0.05) is 11.4 Å². The molecule has 0 aliphatic heterocycles. The molecule has 0 aliphatic rings. The van der Waals surface area contributed by atoms with Crippen LogP contribution in [0.5, 0.6) is 0 Å². The normalized spacial score (nSPS) is 10.4. The summed E-state index contributed by atoms with van der Waals surface area (Å²) in [5.41, 5.74) is 2.25.